The largest absolute Gasteiger partial charge is 0.278 e. The molecule has 0 aliphatic carbocycles. The summed E-state index contributed by atoms with van der Waals surface area (Å²) in [5, 5.41) is 0.129. The summed E-state index contributed by atoms with van der Waals surface area (Å²) in [6.45, 7) is 4.43. The van der Waals surface area contributed by atoms with Crippen molar-refractivity contribution in [2.24, 2.45) is 0 Å². The van der Waals surface area contributed by atoms with E-state index in [1.807, 2.05) is 6.07 Å². The SMILES string of the molecule is Cc1ccc(C)c(S(=O)(=O)Nc2cc(S(=O)(=O)N3CCCC3)ccc2Cl)c1. The van der Waals surface area contributed by atoms with E-state index in [4.69, 9.17) is 11.6 Å². The molecule has 146 valence electrons. The highest BCUT2D eigenvalue weighted by atomic mass is 35.5. The van der Waals surface area contributed by atoms with Crippen molar-refractivity contribution < 1.29 is 16.8 Å². The van der Waals surface area contributed by atoms with Gasteiger partial charge < -0.3 is 0 Å². The van der Waals surface area contributed by atoms with Gasteiger partial charge in [0.25, 0.3) is 10.0 Å². The van der Waals surface area contributed by atoms with Crippen molar-refractivity contribution in [1.82, 2.24) is 4.31 Å². The Morgan fingerprint density at radius 2 is 1.63 bits per heavy atom. The lowest BCUT2D eigenvalue weighted by atomic mass is 10.2. The van der Waals surface area contributed by atoms with E-state index in [2.05, 4.69) is 4.72 Å². The predicted molar refractivity (Wildman–Crippen MR) is 106 cm³/mol. The van der Waals surface area contributed by atoms with Gasteiger partial charge in [-0.15, -0.1) is 0 Å². The molecule has 1 N–H and O–H groups in total. The summed E-state index contributed by atoms with van der Waals surface area (Å²) in [6.07, 6.45) is 1.64. The molecule has 0 spiro atoms. The van der Waals surface area contributed by atoms with Gasteiger partial charge in [-0.3, -0.25) is 4.72 Å². The molecule has 2 aromatic rings. The molecule has 9 heteroatoms. The van der Waals surface area contributed by atoms with Crippen molar-refractivity contribution >= 4 is 37.3 Å². The molecule has 0 amide bonds. The first kappa shape index (κ1) is 20.1. The fourth-order valence-electron chi connectivity index (χ4n) is 3.02. The lowest BCUT2D eigenvalue weighted by Crippen LogP contribution is -2.28. The standard InChI is InChI=1S/C18H21ClN2O4S2/c1-13-5-6-14(2)18(11-13)26(22,23)20-17-12-15(7-8-16(17)19)27(24,25)21-9-3-4-10-21/h5-8,11-12,20H,3-4,9-10H2,1-2H3. The molecule has 1 heterocycles. The molecule has 0 radical (unpaired) electrons. The number of anilines is 1. The molecule has 3 rings (SSSR count). The molecular formula is C18H21ClN2O4S2. The van der Waals surface area contributed by atoms with Gasteiger partial charge in [0.1, 0.15) is 0 Å². The van der Waals surface area contributed by atoms with Crippen molar-refractivity contribution in [3.63, 3.8) is 0 Å². The number of nitrogens with zero attached hydrogens (tertiary/aromatic N) is 1. The minimum absolute atomic E-state index is 0.0208. The van der Waals surface area contributed by atoms with Crippen LogP contribution in [0.4, 0.5) is 5.69 Å². The maximum absolute atomic E-state index is 12.8. The second-order valence-corrected chi connectivity index (χ2v) is 10.6. The van der Waals surface area contributed by atoms with Crippen LogP contribution in [-0.2, 0) is 20.0 Å². The summed E-state index contributed by atoms with van der Waals surface area (Å²) in [4.78, 5) is 0.152. The van der Waals surface area contributed by atoms with Crippen molar-refractivity contribution in [2.45, 2.75) is 36.5 Å². The van der Waals surface area contributed by atoms with Gasteiger partial charge in [-0.2, -0.15) is 4.31 Å². The lowest BCUT2D eigenvalue weighted by molar-refractivity contribution is 0.477. The molecule has 6 nitrogen and oxygen atoms in total. The summed E-state index contributed by atoms with van der Waals surface area (Å²) in [6, 6.07) is 9.18. The van der Waals surface area contributed by atoms with Gasteiger partial charge in [0.2, 0.25) is 10.0 Å². The maximum Gasteiger partial charge on any atom is 0.262 e. The molecule has 2 aromatic carbocycles. The fraction of sp³-hybridized carbons (Fsp3) is 0.333. The Labute approximate surface area is 165 Å². The summed E-state index contributed by atoms with van der Waals surface area (Å²) in [5.74, 6) is 0. The number of hydrogen-bond donors (Lipinski definition) is 1. The highest BCUT2D eigenvalue weighted by Gasteiger charge is 2.28. The minimum atomic E-state index is -3.91. The molecule has 0 aromatic heterocycles. The summed E-state index contributed by atoms with van der Waals surface area (Å²) < 4.78 is 54.9. The van der Waals surface area contributed by atoms with Crippen LogP contribution in [0.1, 0.15) is 24.0 Å². The molecule has 0 unspecified atom stereocenters. The lowest BCUT2D eigenvalue weighted by Gasteiger charge is -2.17. The average molecular weight is 429 g/mol. The number of sulfonamides is 2. The third-order valence-corrected chi connectivity index (χ3v) is 8.25. The van der Waals surface area contributed by atoms with Crippen LogP contribution in [0.25, 0.3) is 0 Å². The van der Waals surface area contributed by atoms with Crippen molar-refractivity contribution in [2.75, 3.05) is 17.8 Å². The Kier molecular flexibility index (Phi) is 5.54. The van der Waals surface area contributed by atoms with E-state index in [0.717, 1.165) is 18.4 Å². The highest BCUT2D eigenvalue weighted by molar-refractivity contribution is 7.92. The maximum atomic E-state index is 12.8. The number of rotatable bonds is 5. The topological polar surface area (TPSA) is 83.5 Å². The van der Waals surface area contributed by atoms with Gasteiger partial charge in [0, 0.05) is 13.1 Å². The molecule has 0 bridgehead atoms. The molecule has 1 fully saturated rings. The molecule has 1 aliphatic heterocycles. The van der Waals surface area contributed by atoms with E-state index in [1.54, 1.807) is 26.0 Å². The van der Waals surface area contributed by atoms with Crippen LogP contribution in [0, 0.1) is 13.8 Å². The normalized spacial score (nSPS) is 15.8. The molecule has 0 atom stereocenters. The molecular weight excluding hydrogens is 408 g/mol. The summed E-state index contributed by atoms with van der Waals surface area (Å²) >= 11 is 6.14. The summed E-state index contributed by atoms with van der Waals surface area (Å²) in [5.41, 5.74) is 1.43. The van der Waals surface area contributed by atoms with Crippen molar-refractivity contribution in [3.05, 3.63) is 52.5 Å². The Hall–Kier alpha value is -1.61. The zero-order valence-electron chi connectivity index (χ0n) is 15.1. The number of halogens is 1. The fourth-order valence-corrected chi connectivity index (χ4v) is 6.18. The molecule has 27 heavy (non-hydrogen) atoms. The zero-order valence-corrected chi connectivity index (χ0v) is 17.5. The van der Waals surface area contributed by atoms with Gasteiger partial charge in [0.15, 0.2) is 0 Å². The third-order valence-electron chi connectivity index (χ3n) is 4.52. The van der Waals surface area contributed by atoms with Gasteiger partial charge >= 0.3 is 0 Å². The molecule has 0 saturated carbocycles. The van der Waals surface area contributed by atoms with Crippen LogP contribution in [0.5, 0.6) is 0 Å². The van der Waals surface area contributed by atoms with E-state index < -0.39 is 20.0 Å². The quantitative estimate of drug-likeness (QED) is 0.789. The predicted octanol–water partition coefficient (Wildman–Crippen LogP) is 3.54. The first-order valence-electron chi connectivity index (χ1n) is 8.51. The summed E-state index contributed by atoms with van der Waals surface area (Å²) in [7, 11) is -7.59. The first-order chi connectivity index (χ1) is 12.6. The smallest absolute Gasteiger partial charge is 0.262 e. The minimum Gasteiger partial charge on any atom is -0.278 e. The highest BCUT2D eigenvalue weighted by Crippen LogP contribution is 2.30. The van der Waals surface area contributed by atoms with Crippen LogP contribution < -0.4 is 4.72 Å². The van der Waals surface area contributed by atoms with Gasteiger partial charge in [0.05, 0.1) is 20.5 Å². The Morgan fingerprint density at radius 3 is 2.30 bits per heavy atom. The van der Waals surface area contributed by atoms with Gasteiger partial charge in [-0.25, -0.2) is 16.8 Å². The number of hydrogen-bond acceptors (Lipinski definition) is 4. The molecule has 1 aliphatic rings. The van der Waals surface area contributed by atoms with E-state index in [0.29, 0.717) is 18.7 Å². The Balaban J connectivity index is 1.99. The van der Waals surface area contributed by atoms with Crippen LogP contribution >= 0.6 is 11.6 Å². The number of aryl methyl sites for hydroxylation is 2. The van der Waals surface area contributed by atoms with Crippen LogP contribution in [0.2, 0.25) is 5.02 Å². The Bertz CT molecular complexity index is 1080. The van der Waals surface area contributed by atoms with Crippen LogP contribution in [-0.4, -0.2) is 34.2 Å². The van der Waals surface area contributed by atoms with Crippen LogP contribution in [0.3, 0.4) is 0 Å². The number of nitrogens with one attached hydrogen (secondary N) is 1. The van der Waals surface area contributed by atoms with Gasteiger partial charge in [-0.1, -0.05) is 23.7 Å². The monoisotopic (exact) mass is 428 g/mol. The Morgan fingerprint density at radius 1 is 0.963 bits per heavy atom. The zero-order chi connectivity index (χ0) is 19.8. The van der Waals surface area contributed by atoms with Crippen molar-refractivity contribution in [1.29, 1.82) is 0 Å². The first-order valence-corrected chi connectivity index (χ1v) is 11.8. The van der Waals surface area contributed by atoms with E-state index in [9.17, 15) is 16.8 Å². The third kappa shape index (κ3) is 4.13. The number of benzene rings is 2. The van der Waals surface area contributed by atoms with E-state index in [1.165, 1.54) is 22.5 Å². The van der Waals surface area contributed by atoms with Crippen molar-refractivity contribution in [3.8, 4) is 0 Å². The second kappa shape index (κ2) is 7.43. The molecule has 1 saturated heterocycles. The second-order valence-electron chi connectivity index (χ2n) is 6.63. The van der Waals surface area contributed by atoms with E-state index in [-0.39, 0.29) is 20.5 Å². The van der Waals surface area contributed by atoms with E-state index >= 15 is 0 Å². The average Bonchev–Trinajstić information content (AvgIpc) is 3.14. The van der Waals surface area contributed by atoms with Crippen LogP contribution in [0.15, 0.2) is 46.2 Å². The van der Waals surface area contributed by atoms with Gasteiger partial charge in [-0.05, 0) is 62.1 Å².